The average Bonchev–Trinajstić information content (AvgIpc) is 3.27. The smallest absolute Gasteiger partial charge is 0.167 e. The number of H-pyrrole nitrogens is 1. The molecule has 0 aliphatic carbocycles. The standard InChI is InChI=1S/C16H14N6S/c1-10-12(8-22(2)21-10)16-19-13(11-6-4-3-5-7-11)14(23-16)15-17-9-18-20-15/h3-9H,1-2H3,(H,17,18,20). The van der Waals surface area contributed by atoms with E-state index < -0.39 is 0 Å². The summed E-state index contributed by atoms with van der Waals surface area (Å²) in [5.41, 5.74) is 3.97. The molecule has 0 saturated heterocycles. The van der Waals surface area contributed by atoms with E-state index in [0.717, 1.165) is 38.2 Å². The number of benzene rings is 1. The van der Waals surface area contributed by atoms with Gasteiger partial charge in [-0.1, -0.05) is 30.3 Å². The van der Waals surface area contributed by atoms with Crippen molar-refractivity contribution >= 4 is 11.3 Å². The molecule has 0 aliphatic rings. The van der Waals surface area contributed by atoms with Crippen molar-refractivity contribution in [1.82, 2.24) is 29.9 Å². The van der Waals surface area contributed by atoms with E-state index in [-0.39, 0.29) is 0 Å². The molecule has 0 spiro atoms. The molecule has 3 heterocycles. The molecule has 23 heavy (non-hydrogen) atoms. The number of nitrogens with zero attached hydrogens (tertiary/aromatic N) is 5. The predicted octanol–water partition coefficient (Wildman–Crippen LogP) is 3.30. The Morgan fingerprint density at radius 2 is 2.00 bits per heavy atom. The molecule has 0 fully saturated rings. The van der Waals surface area contributed by atoms with Gasteiger partial charge in [-0.05, 0) is 6.92 Å². The largest absolute Gasteiger partial charge is 0.275 e. The molecule has 7 heteroatoms. The van der Waals surface area contributed by atoms with E-state index in [1.165, 1.54) is 6.33 Å². The van der Waals surface area contributed by atoms with Gasteiger partial charge in [0.1, 0.15) is 11.3 Å². The molecule has 4 rings (SSSR count). The second-order valence-corrected chi connectivity index (χ2v) is 6.20. The number of thiazole rings is 1. The predicted molar refractivity (Wildman–Crippen MR) is 89.9 cm³/mol. The van der Waals surface area contributed by atoms with E-state index in [9.17, 15) is 0 Å². The fourth-order valence-corrected chi connectivity index (χ4v) is 3.61. The minimum absolute atomic E-state index is 0.731. The first-order chi connectivity index (χ1) is 11.2. The molecule has 0 bridgehead atoms. The van der Waals surface area contributed by atoms with Gasteiger partial charge >= 0.3 is 0 Å². The highest BCUT2D eigenvalue weighted by molar-refractivity contribution is 7.18. The Morgan fingerprint density at radius 1 is 1.17 bits per heavy atom. The van der Waals surface area contributed by atoms with Gasteiger partial charge in [0.05, 0.1) is 21.8 Å². The number of aromatic nitrogens is 6. The van der Waals surface area contributed by atoms with E-state index >= 15 is 0 Å². The topological polar surface area (TPSA) is 72.3 Å². The van der Waals surface area contributed by atoms with Gasteiger partial charge in [-0.15, -0.1) is 11.3 Å². The lowest BCUT2D eigenvalue weighted by atomic mass is 10.1. The summed E-state index contributed by atoms with van der Waals surface area (Å²) in [6.45, 7) is 1.99. The van der Waals surface area contributed by atoms with E-state index in [4.69, 9.17) is 4.98 Å². The summed E-state index contributed by atoms with van der Waals surface area (Å²) >= 11 is 1.59. The van der Waals surface area contributed by atoms with Gasteiger partial charge in [-0.3, -0.25) is 9.78 Å². The van der Waals surface area contributed by atoms with Gasteiger partial charge in [-0.25, -0.2) is 9.97 Å². The van der Waals surface area contributed by atoms with Crippen LogP contribution in [0.5, 0.6) is 0 Å². The SMILES string of the molecule is Cc1nn(C)cc1-c1nc(-c2ccccc2)c(-c2ncn[nH]2)s1. The molecule has 0 aliphatic heterocycles. The Balaban J connectivity index is 1.92. The fraction of sp³-hybridized carbons (Fsp3) is 0.125. The van der Waals surface area contributed by atoms with Gasteiger partial charge in [0.2, 0.25) is 0 Å². The van der Waals surface area contributed by atoms with Crippen LogP contribution in [0.4, 0.5) is 0 Å². The third kappa shape index (κ3) is 2.44. The number of hydrogen-bond acceptors (Lipinski definition) is 5. The highest BCUT2D eigenvalue weighted by Crippen LogP contribution is 2.39. The third-order valence-electron chi connectivity index (χ3n) is 3.55. The molecule has 0 saturated carbocycles. The van der Waals surface area contributed by atoms with Gasteiger partial charge in [0.25, 0.3) is 0 Å². The van der Waals surface area contributed by atoms with Gasteiger partial charge < -0.3 is 0 Å². The Bertz CT molecular complexity index is 937. The number of aromatic amines is 1. The lowest BCUT2D eigenvalue weighted by Crippen LogP contribution is -1.86. The van der Waals surface area contributed by atoms with Gasteiger partial charge in [0, 0.05) is 18.8 Å². The molecule has 6 nitrogen and oxygen atoms in total. The van der Waals surface area contributed by atoms with Crippen molar-refractivity contribution in [2.24, 2.45) is 7.05 Å². The van der Waals surface area contributed by atoms with Crippen molar-refractivity contribution in [2.45, 2.75) is 6.92 Å². The van der Waals surface area contributed by atoms with Crippen molar-refractivity contribution in [3.8, 4) is 32.5 Å². The minimum atomic E-state index is 0.731. The molecule has 0 atom stereocenters. The first kappa shape index (κ1) is 13.8. The van der Waals surface area contributed by atoms with Crippen LogP contribution in [-0.2, 0) is 7.05 Å². The number of aryl methyl sites for hydroxylation is 2. The molecule has 0 radical (unpaired) electrons. The van der Waals surface area contributed by atoms with Crippen LogP contribution in [0.15, 0.2) is 42.9 Å². The quantitative estimate of drug-likeness (QED) is 0.628. The summed E-state index contributed by atoms with van der Waals surface area (Å²) in [6.07, 6.45) is 3.51. The van der Waals surface area contributed by atoms with Crippen molar-refractivity contribution in [3.05, 3.63) is 48.5 Å². The van der Waals surface area contributed by atoms with Crippen LogP contribution < -0.4 is 0 Å². The van der Waals surface area contributed by atoms with Crippen molar-refractivity contribution in [1.29, 1.82) is 0 Å². The highest BCUT2D eigenvalue weighted by Gasteiger charge is 2.19. The zero-order chi connectivity index (χ0) is 15.8. The summed E-state index contributed by atoms with van der Waals surface area (Å²) in [5.74, 6) is 0.731. The summed E-state index contributed by atoms with van der Waals surface area (Å²) in [5, 5.41) is 12.2. The molecular formula is C16H14N6S. The van der Waals surface area contributed by atoms with Crippen LogP contribution in [0.3, 0.4) is 0 Å². The van der Waals surface area contributed by atoms with Gasteiger partial charge in [0.15, 0.2) is 5.82 Å². The lowest BCUT2D eigenvalue weighted by molar-refractivity contribution is 0.756. The zero-order valence-corrected chi connectivity index (χ0v) is 13.5. The van der Waals surface area contributed by atoms with E-state index in [0.29, 0.717) is 0 Å². The lowest BCUT2D eigenvalue weighted by Gasteiger charge is -1.98. The summed E-state index contributed by atoms with van der Waals surface area (Å²) in [4.78, 5) is 10.1. The Labute approximate surface area is 136 Å². The van der Waals surface area contributed by atoms with Crippen molar-refractivity contribution < 1.29 is 0 Å². The van der Waals surface area contributed by atoms with Crippen LogP contribution in [0.25, 0.3) is 32.5 Å². The first-order valence-electron chi connectivity index (χ1n) is 7.15. The summed E-state index contributed by atoms with van der Waals surface area (Å²) < 4.78 is 1.81. The molecule has 3 aromatic heterocycles. The van der Waals surface area contributed by atoms with Gasteiger partial charge in [-0.2, -0.15) is 10.2 Å². The Kier molecular flexibility index (Phi) is 3.27. The van der Waals surface area contributed by atoms with Crippen LogP contribution in [-0.4, -0.2) is 29.9 Å². The molecule has 0 unspecified atom stereocenters. The van der Waals surface area contributed by atoms with E-state index in [1.807, 2.05) is 43.0 Å². The maximum Gasteiger partial charge on any atom is 0.167 e. The number of rotatable bonds is 3. The maximum atomic E-state index is 4.86. The number of nitrogens with one attached hydrogen (secondary N) is 1. The molecule has 0 amide bonds. The Hall–Kier alpha value is -2.80. The van der Waals surface area contributed by atoms with E-state index in [1.54, 1.807) is 11.3 Å². The Morgan fingerprint density at radius 3 is 2.65 bits per heavy atom. The summed E-state index contributed by atoms with van der Waals surface area (Å²) in [7, 11) is 1.92. The molecule has 1 aromatic carbocycles. The zero-order valence-electron chi connectivity index (χ0n) is 12.7. The number of hydrogen-bond donors (Lipinski definition) is 1. The first-order valence-corrected chi connectivity index (χ1v) is 7.96. The second-order valence-electron chi connectivity index (χ2n) is 5.20. The van der Waals surface area contributed by atoms with Crippen molar-refractivity contribution in [2.75, 3.05) is 0 Å². The minimum Gasteiger partial charge on any atom is -0.275 e. The highest BCUT2D eigenvalue weighted by atomic mass is 32.1. The van der Waals surface area contributed by atoms with Crippen LogP contribution in [0, 0.1) is 6.92 Å². The average molecular weight is 322 g/mol. The van der Waals surface area contributed by atoms with Crippen molar-refractivity contribution in [3.63, 3.8) is 0 Å². The maximum absolute atomic E-state index is 4.86. The second kappa shape index (κ2) is 5.44. The fourth-order valence-electron chi connectivity index (χ4n) is 2.51. The third-order valence-corrected chi connectivity index (χ3v) is 4.64. The normalized spacial score (nSPS) is 11.0. The molecular weight excluding hydrogens is 308 g/mol. The molecule has 4 aromatic rings. The van der Waals surface area contributed by atoms with Crippen LogP contribution >= 0.6 is 11.3 Å². The van der Waals surface area contributed by atoms with Crippen LogP contribution in [0.1, 0.15) is 5.69 Å². The van der Waals surface area contributed by atoms with Crippen LogP contribution in [0.2, 0.25) is 0 Å². The molecule has 1 N–H and O–H groups in total. The molecule has 114 valence electrons. The monoisotopic (exact) mass is 322 g/mol. The van der Waals surface area contributed by atoms with E-state index in [2.05, 4.69) is 32.4 Å². The summed E-state index contributed by atoms with van der Waals surface area (Å²) in [6, 6.07) is 10.1.